The Hall–Kier alpha value is -3.55. The van der Waals surface area contributed by atoms with Crippen molar-refractivity contribution in [3.05, 3.63) is 124 Å². The quantitative estimate of drug-likeness (QED) is 0.0646. The van der Waals surface area contributed by atoms with E-state index in [0.717, 1.165) is 48.8 Å². The molecule has 2 aromatic carbocycles. The van der Waals surface area contributed by atoms with Crippen LogP contribution in [0.2, 0.25) is 0 Å². The summed E-state index contributed by atoms with van der Waals surface area (Å²) in [4.78, 5) is 13.6. The summed E-state index contributed by atoms with van der Waals surface area (Å²) in [5, 5.41) is 54.3. The summed E-state index contributed by atoms with van der Waals surface area (Å²) in [5.41, 5.74) is 4.72. The van der Waals surface area contributed by atoms with E-state index in [1.165, 1.54) is 11.1 Å². The summed E-state index contributed by atoms with van der Waals surface area (Å²) in [7, 11) is 0. The lowest BCUT2D eigenvalue weighted by molar-refractivity contribution is -0.167. The lowest BCUT2D eigenvalue weighted by Crippen LogP contribution is -2.59. The van der Waals surface area contributed by atoms with Crippen LogP contribution in [0.25, 0.3) is 0 Å². The maximum absolute atomic E-state index is 13.6. The molecule has 4 rings (SSSR count). The second-order valence-corrected chi connectivity index (χ2v) is 15.1. The van der Waals surface area contributed by atoms with Crippen LogP contribution in [0.15, 0.2) is 113 Å². The average molecular weight is 697 g/mol. The zero-order valence-electron chi connectivity index (χ0n) is 31.0. The van der Waals surface area contributed by atoms with E-state index in [4.69, 9.17) is 0 Å². The molecule has 5 N–H and O–H groups in total. The molecule has 0 unspecified atom stereocenters. The van der Waals surface area contributed by atoms with Crippen LogP contribution in [0.5, 0.6) is 5.75 Å². The topological polar surface area (TPSA) is 118 Å². The molecule has 0 radical (unpaired) electrons. The lowest BCUT2D eigenvalue weighted by atomic mass is 9.52. The molecular weight excluding hydrogens is 636 g/mol. The Kier molecular flexibility index (Phi) is 14.8. The number of aliphatic hydroxyl groups excluding tert-OH is 3. The molecule has 0 aromatic heterocycles. The maximum atomic E-state index is 13.6. The van der Waals surface area contributed by atoms with Gasteiger partial charge in [-0.05, 0) is 132 Å². The molecule has 276 valence electrons. The summed E-state index contributed by atoms with van der Waals surface area (Å²) >= 11 is 0. The van der Waals surface area contributed by atoms with Gasteiger partial charge in [0.05, 0.1) is 18.3 Å². The largest absolute Gasteiger partial charge is 0.508 e. The van der Waals surface area contributed by atoms with Crippen molar-refractivity contribution in [3.8, 4) is 5.75 Å². The molecule has 0 aliphatic heterocycles. The summed E-state index contributed by atoms with van der Waals surface area (Å²) < 4.78 is 0. The number of carbonyl (C=O) groups excluding carboxylic acids is 1. The van der Waals surface area contributed by atoms with E-state index in [9.17, 15) is 30.3 Å². The van der Waals surface area contributed by atoms with E-state index in [0.29, 0.717) is 49.7 Å². The third-order valence-corrected chi connectivity index (χ3v) is 11.7. The summed E-state index contributed by atoms with van der Waals surface area (Å²) in [6, 6.07) is 17.2. The van der Waals surface area contributed by atoms with Gasteiger partial charge < -0.3 is 25.5 Å². The van der Waals surface area contributed by atoms with Crippen LogP contribution in [-0.4, -0.2) is 56.2 Å². The van der Waals surface area contributed by atoms with E-state index in [2.05, 4.69) is 43.8 Å². The van der Waals surface area contributed by atoms with Crippen molar-refractivity contribution in [2.45, 2.75) is 110 Å². The Morgan fingerprint density at radius 1 is 0.980 bits per heavy atom. The number of hydrogen-bond donors (Lipinski definition) is 5. The zero-order valence-corrected chi connectivity index (χ0v) is 31.0. The maximum Gasteiger partial charge on any atom is 0.162 e. The van der Waals surface area contributed by atoms with Crippen LogP contribution in [0.4, 0.5) is 0 Å². The van der Waals surface area contributed by atoms with Crippen molar-refractivity contribution in [3.63, 3.8) is 0 Å². The molecule has 0 heterocycles. The number of ketones is 1. The van der Waals surface area contributed by atoms with Crippen LogP contribution >= 0.6 is 0 Å². The zero-order chi connectivity index (χ0) is 37.0. The van der Waals surface area contributed by atoms with Gasteiger partial charge >= 0.3 is 0 Å². The van der Waals surface area contributed by atoms with Gasteiger partial charge in [-0.1, -0.05) is 90.1 Å². The van der Waals surface area contributed by atoms with Crippen molar-refractivity contribution in [1.82, 2.24) is 0 Å². The van der Waals surface area contributed by atoms with Gasteiger partial charge in [0.1, 0.15) is 5.75 Å². The first kappa shape index (κ1) is 40.2. The molecule has 2 aliphatic carbocycles. The third kappa shape index (κ3) is 10.1. The number of phenolic OH excluding ortho intramolecular Hbond substituents is 1. The molecule has 2 fully saturated rings. The lowest BCUT2D eigenvalue weighted by Gasteiger charge is -2.55. The van der Waals surface area contributed by atoms with Gasteiger partial charge in [0.2, 0.25) is 0 Å². The van der Waals surface area contributed by atoms with Gasteiger partial charge in [-0.2, -0.15) is 0 Å². The number of aliphatic hydroxyl groups is 4. The Balaban J connectivity index is 1.45. The Morgan fingerprint density at radius 3 is 2.39 bits per heavy atom. The van der Waals surface area contributed by atoms with Gasteiger partial charge in [-0.25, -0.2) is 0 Å². The number of rotatable bonds is 17. The van der Waals surface area contributed by atoms with E-state index in [1.807, 2.05) is 31.2 Å². The molecule has 0 bridgehead atoms. The fourth-order valence-corrected chi connectivity index (χ4v) is 8.68. The van der Waals surface area contributed by atoms with E-state index >= 15 is 0 Å². The molecule has 6 heteroatoms. The van der Waals surface area contributed by atoms with E-state index in [1.54, 1.807) is 31.2 Å². The van der Waals surface area contributed by atoms with Crippen LogP contribution < -0.4 is 0 Å². The first-order valence-electron chi connectivity index (χ1n) is 18.8. The predicted octanol–water partition coefficient (Wildman–Crippen LogP) is 8.29. The second kappa shape index (κ2) is 18.8. The minimum Gasteiger partial charge on any atom is -0.508 e. The van der Waals surface area contributed by atoms with Gasteiger partial charge in [0.25, 0.3) is 0 Å². The first-order valence-corrected chi connectivity index (χ1v) is 18.8. The average Bonchev–Trinajstić information content (AvgIpc) is 3.46. The van der Waals surface area contributed by atoms with Crippen LogP contribution in [0, 0.1) is 17.3 Å². The monoisotopic (exact) mass is 696 g/mol. The molecule has 51 heavy (non-hydrogen) atoms. The van der Waals surface area contributed by atoms with Crippen LogP contribution in [0.1, 0.15) is 96.1 Å². The molecule has 2 aliphatic rings. The van der Waals surface area contributed by atoms with Crippen LogP contribution in [0.3, 0.4) is 0 Å². The third-order valence-electron chi connectivity index (χ3n) is 11.7. The highest BCUT2D eigenvalue weighted by Crippen LogP contribution is 2.63. The van der Waals surface area contributed by atoms with Crippen molar-refractivity contribution in [1.29, 1.82) is 0 Å². The normalized spacial score (nSPS) is 26.6. The molecule has 2 aromatic rings. The number of carbonyl (C=O) groups is 1. The fraction of sp³-hybridized carbons (Fsp3) is 0.489. The standard InChI is InChI=1S/C45H60O6/c1-32(14-9-18-35-16-6-5-7-17-35)12-8-13-33(2)15-10-19-37(31-47)40-26-28-45(43(40)50)41(20-11-29-46)39(25-27-44(45,4)51)34(3)42(49)30-36-21-23-38(48)24-22-36/h5-7,10,12,15-17,19,21-24,40-41,43,46-48,50-51H,2,8-9,11,13-14,18,20,25-31H2,1,3-4H3/t40-,41+,43+,44+,45+/m0/s1. The highest BCUT2D eigenvalue weighted by Gasteiger charge is 2.64. The SMILES string of the molecule is C=C(C=CC=C(CO)[C@@H]1CC[C@@]2([C@H](CCCO)C(=C(C)C(=O)Cc3ccc(O)cc3)CC[C@@]2(C)O)[C@@H]1O)CCC=C(C)CCCc1ccccc1. The number of benzene rings is 2. The number of aryl methyl sites for hydroxylation is 1. The number of Topliss-reactive ketones (excluding diaryl/α,β-unsaturated/α-hetero) is 1. The predicted molar refractivity (Wildman–Crippen MR) is 206 cm³/mol. The number of allylic oxidation sites excluding steroid dienone is 8. The van der Waals surface area contributed by atoms with Crippen molar-refractivity contribution >= 4 is 5.78 Å². The molecule has 5 atom stereocenters. The van der Waals surface area contributed by atoms with Crippen molar-refractivity contribution in [2.24, 2.45) is 17.3 Å². The van der Waals surface area contributed by atoms with Crippen molar-refractivity contribution in [2.75, 3.05) is 13.2 Å². The highest BCUT2D eigenvalue weighted by molar-refractivity contribution is 5.97. The minimum atomic E-state index is -1.21. The summed E-state index contributed by atoms with van der Waals surface area (Å²) in [6.07, 6.45) is 15.4. The smallest absolute Gasteiger partial charge is 0.162 e. The highest BCUT2D eigenvalue weighted by atomic mass is 16.3. The Bertz CT molecular complexity index is 1580. The Morgan fingerprint density at radius 2 is 1.71 bits per heavy atom. The first-order chi connectivity index (χ1) is 24.4. The number of phenols is 1. The number of aromatic hydroxyl groups is 1. The summed E-state index contributed by atoms with van der Waals surface area (Å²) in [5.74, 6) is -0.542. The van der Waals surface area contributed by atoms with Gasteiger partial charge in [-0.3, -0.25) is 4.79 Å². The molecule has 6 nitrogen and oxygen atoms in total. The van der Waals surface area contributed by atoms with E-state index in [-0.39, 0.29) is 43.0 Å². The molecule has 0 saturated heterocycles. The molecular formula is C45H60O6. The minimum absolute atomic E-state index is 0.0257. The van der Waals surface area contributed by atoms with Gasteiger partial charge in [0.15, 0.2) is 5.78 Å². The Labute approximate surface area is 305 Å². The van der Waals surface area contributed by atoms with Gasteiger partial charge in [-0.15, -0.1) is 0 Å². The summed E-state index contributed by atoms with van der Waals surface area (Å²) in [6.45, 7) is 9.83. The van der Waals surface area contributed by atoms with E-state index < -0.39 is 17.1 Å². The number of hydrogen-bond acceptors (Lipinski definition) is 6. The second-order valence-electron chi connectivity index (χ2n) is 15.1. The van der Waals surface area contributed by atoms with Crippen LogP contribution in [-0.2, 0) is 17.6 Å². The fourth-order valence-electron chi connectivity index (χ4n) is 8.68. The molecule has 0 amide bonds. The van der Waals surface area contributed by atoms with Gasteiger partial charge in [0, 0.05) is 24.4 Å². The molecule has 1 spiro atoms. The molecule has 2 saturated carbocycles. The van der Waals surface area contributed by atoms with Crippen molar-refractivity contribution < 1.29 is 30.3 Å².